The lowest BCUT2D eigenvalue weighted by atomic mass is 10.2. The van der Waals surface area contributed by atoms with Gasteiger partial charge in [0.2, 0.25) is 5.91 Å². The van der Waals surface area contributed by atoms with E-state index in [0.717, 1.165) is 11.3 Å². The van der Waals surface area contributed by atoms with E-state index in [-0.39, 0.29) is 18.0 Å². The number of aryl methyl sites for hydroxylation is 2. The van der Waals surface area contributed by atoms with Crippen molar-refractivity contribution in [3.8, 4) is 0 Å². The third-order valence-electron chi connectivity index (χ3n) is 3.03. The first kappa shape index (κ1) is 14.3. The molecule has 0 aliphatic carbocycles. The molecule has 2 aromatic rings. The number of pyridine rings is 1. The summed E-state index contributed by atoms with van der Waals surface area (Å²) in [6.45, 7) is 3.65. The molecule has 1 N–H and O–H groups in total. The molecule has 2 rings (SSSR count). The largest absolute Gasteiger partial charge is 0.324 e. The van der Waals surface area contributed by atoms with E-state index in [0.29, 0.717) is 10.7 Å². The van der Waals surface area contributed by atoms with E-state index in [1.54, 1.807) is 37.3 Å². The molecule has 0 aliphatic rings. The highest BCUT2D eigenvalue weighted by Crippen LogP contribution is 2.19. The number of halogens is 1. The van der Waals surface area contributed by atoms with Gasteiger partial charge in [-0.2, -0.15) is 0 Å². The van der Waals surface area contributed by atoms with Crippen LogP contribution in [0.15, 0.2) is 41.2 Å². The summed E-state index contributed by atoms with van der Waals surface area (Å²) in [6.07, 6.45) is 0. The number of benzene rings is 1. The molecule has 104 valence electrons. The molecule has 0 atom stereocenters. The Morgan fingerprint density at radius 1 is 1.25 bits per heavy atom. The summed E-state index contributed by atoms with van der Waals surface area (Å²) in [5.74, 6) is -0.244. The molecular weight excluding hydrogens is 276 g/mol. The predicted molar refractivity (Wildman–Crippen MR) is 80.3 cm³/mol. The van der Waals surface area contributed by atoms with E-state index in [1.807, 2.05) is 6.92 Å². The first-order chi connectivity index (χ1) is 9.47. The number of hydrogen-bond acceptors (Lipinski definition) is 2. The molecule has 0 spiro atoms. The fourth-order valence-electron chi connectivity index (χ4n) is 1.93. The predicted octanol–water partition coefficient (Wildman–Crippen LogP) is 2.76. The average Bonchev–Trinajstić information content (AvgIpc) is 2.37. The van der Waals surface area contributed by atoms with Crippen molar-refractivity contribution in [2.75, 3.05) is 5.32 Å². The number of amides is 1. The van der Waals surface area contributed by atoms with Crippen LogP contribution in [0.1, 0.15) is 11.3 Å². The second kappa shape index (κ2) is 5.92. The minimum atomic E-state index is -0.244. The van der Waals surface area contributed by atoms with Crippen LogP contribution in [0.25, 0.3) is 0 Å². The zero-order valence-corrected chi connectivity index (χ0v) is 12.1. The highest BCUT2D eigenvalue weighted by molar-refractivity contribution is 6.30. The van der Waals surface area contributed by atoms with Crippen LogP contribution in [0, 0.1) is 13.8 Å². The molecule has 0 saturated carbocycles. The van der Waals surface area contributed by atoms with Gasteiger partial charge < -0.3 is 9.88 Å². The van der Waals surface area contributed by atoms with Crippen molar-refractivity contribution in [2.24, 2.45) is 0 Å². The number of nitrogens with one attached hydrogen (secondary N) is 1. The molecule has 0 bridgehead atoms. The molecular formula is C15H15ClN2O2. The maximum atomic E-state index is 12.0. The van der Waals surface area contributed by atoms with Crippen LogP contribution in [0.3, 0.4) is 0 Å². The normalized spacial score (nSPS) is 10.3. The number of rotatable bonds is 3. The van der Waals surface area contributed by atoms with Gasteiger partial charge in [-0.05, 0) is 43.7 Å². The summed E-state index contributed by atoms with van der Waals surface area (Å²) >= 11 is 5.87. The van der Waals surface area contributed by atoms with E-state index in [4.69, 9.17) is 11.6 Å². The Morgan fingerprint density at radius 2 is 2.00 bits per heavy atom. The quantitative estimate of drug-likeness (QED) is 0.945. The van der Waals surface area contributed by atoms with Crippen LogP contribution < -0.4 is 10.9 Å². The zero-order chi connectivity index (χ0) is 14.7. The second-order valence-corrected chi connectivity index (χ2v) is 5.04. The summed E-state index contributed by atoms with van der Waals surface area (Å²) in [5.41, 5.74) is 2.14. The number of aromatic nitrogens is 1. The maximum absolute atomic E-state index is 12.0. The number of nitrogens with zero attached hydrogens (tertiary/aromatic N) is 1. The van der Waals surface area contributed by atoms with Crippen molar-refractivity contribution in [2.45, 2.75) is 20.4 Å². The Morgan fingerprint density at radius 3 is 2.65 bits per heavy atom. The van der Waals surface area contributed by atoms with Crippen LogP contribution in [-0.2, 0) is 11.3 Å². The average molecular weight is 291 g/mol. The standard InChI is InChI=1S/C15H15ClN2O2/c1-10-8-12(16)6-7-13(10)17-14(19)9-18-11(2)4-3-5-15(18)20/h3-8H,9H2,1-2H3,(H,17,19). The van der Waals surface area contributed by atoms with E-state index < -0.39 is 0 Å². The van der Waals surface area contributed by atoms with Crippen molar-refractivity contribution >= 4 is 23.2 Å². The summed E-state index contributed by atoms with van der Waals surface area (Å²) in [7, 11) is 0. The third kappa shape index (κ3) is 3.27. The van der Waals surface area contributed by atoms with Crippen molar-refractivity contribution < 1.29 is 4.79 Å². The molecule has 0 unspecified atom stereocenters. The highest BCUT2D eigenvalue weighted by Gasteiger charge is 2.08. The SMILES string of the molecule is Cc1cc(Cl)ccc1NC(=O)Cn1c(C)cccc1=O. The Balaban J connectivity index is 2.15. The molecule has 4 nitrogen and oxygen atoms in total. The van der Waals surface area contributed by atoms with Gasteiger partial charge in [-0.25, -0.2) is 0 Å². The first-order valence-electron chi connectivity index (χ1n) is 6.20. The Kier molecular flexibility index (Phi) is 4.25. The molecule has 20 heavy (non-hydrogen) atoms. The maximum Gasteiger partial charge on any atom is 0.251 e. The molecule has 0 radical (unpaired) electrons. The minimum Gasteiger partial charge on any atom is -0.324 e. The van der Waals surface area contributed by atoms with Crippen molar-refractivity contribution in [1.82, 2.24) is 4.57 Å². The molecule has 0 fully saturated rings. The molecule has 0 saturated heterocycles. The van der Waals surface area contributed by atoms with Crippen LogP contribution in [0.2, 0.25) is 5.02 Å². The smallest absolute Gasteiger partial charge is 0.251 e. The Bertz CT molecular complexity index is 707. The zero-order valence-electron chi connectivity index (χ0n) is 11.3. The molecule has 5 heteroatoms. The lowest BCUT2D eigenvalue weighted by molar-refractivity contribution is -0.116. The fourth-order valence-corrected chi connectivity index (χ4v) is 2.15. The minimum absolute atomic E-state index is 0.00638. The molecule has 0 aliphatic heterocycles. The van der Waals surface area contributed by atoms with E-state index >= 15 is 0 Å². The number of carbonyl (C=O) groups is 1. The summed E-state index contributed by atoms with van der Waals surface area (Å²) in [6, 6.07) is 10.1. The van der Waals surface area contributed by atoms with Crippen LogP contribution >= 0.6 is 11.6 Å². The second-order valence-electron chi connectivity index (χ2n) is 4.60. The lowest BCUT2D eigenvalue weighted by Gasteiger charge is -2.11. The summed E-state index contributed by atoms with van der Waals surface area (Å²) in [5, 5.41) is 3.40. The van der Waals surface area contributed by atoms with Crippen molar-refractivity contribution in [3.63, 3.8) is 0 Å². The van der Waals surface area contributed by atoms with E-state index in [9.17, 15) is 9.59 Å². The lowest BCUT2D eigenvalue weighted by Crippen LogP contribution is -2.28. The van der Waals surface area contributed by atoms with E-state index in [2.05, 4.69) is 5.32 Å². The topological polar surface area (TPSA) is 51.1 Å². The van der Waals surface area contributed by atoms with Gasteiger partial charge in [-0.1, -0.05) is 17.7 Å². The van der Waals surface area contributed by atoms with Gasteiger partial charge >= 0.3 is 0 Å². The van der Waals surface area contributed by atoms with Gasteiger partial charge in [0.05, 0.1) is 0 Å². The Hall–Kier alpha value is -2.07. The first-order valence-corrected chi connectivity index (χ1v) is 6.57. The van der Waals surface area contributed by atoms with Crippen LogP contribution in [0.4, 0.5) is 5.69 Å². The summed E-state index contributed by atoms with van der Waals surface area (Å²) in [4.78, 5) is 23.7. The van der Waals surface area contributed by atoms with Gasteiger partial charge in [0, 0.05) is 22.5 Å². The van der Waals surface area contributed by atoms with Gasteiger partial charge in [-0.3, -0.25) is 9.59 Å². The Labute approximate surface area is 122 Å². The van der Waals surface area contributed by atoms with Gasteiger partial charge in [-0.15, -0.1) is 0 Å². The van der Waals surface area contributed by atoms with Gasteiger partial charge in [0.1, 0.15) is 6.54 Å². The number of hydrogen-bond donors (Lipinski definition) is 1. The van der Waals surface area contributed by atoms with Gasteiger partial charge in [0.15, 0.2) is 0 Å². The van der Waals surface area contributed by atoms with Crippen molar-refractivity contribution in [1.29, 1.82) is 0 Å². The highest BCUT2D eigenvalue weighted by atomic mass is 35.5. The molecule has 1 aromatic carbocycles. The van der Waals surface area contributed by atoms with Crippen LogP contribution in [-0.4, -0.2) is 10.5 Å². The van der Waals surface area contributed by atoms with Gasteiger partial charge in [0.25, 0.3) is 5.56 Å². The monoisotopic (exact) mass is 290 g/mol. The molecule has 1 aromatic heterocycles. The summed E-state index contributed by atoms with van der Waals surface area (Å²) < 4.78 is 1.43. The number of carbonyl (C=O) groups excluding carboxylic acids is 1. The number of anilines is 1. The fraction of sp³-hybridized carbons (Fsp3) is 0.200. The molecule has 1 amide bonds. The van der Waals surface area contributed by atoms with Crippen LogP contribution in [0.5, 0.6) is 0 Å². The molecule has 1 heterocycles. The van der Waals surface area contributed by atoms with Crippen molar-refractivity contribution in [3.05, 3.63) is 63.0 Å². The third-order valence-corrected chi connectivity index (χ3v) is 3.27. The van der Waals surface area contributed by atoms with E-state index in [1.165, 1.54) is 10.6 Å².